The lowest BCUT2D eigenvalue weighted by molar-refractivity contribution is 0.0821. The number of fused-ring (bicyclic) bond motifs is 1. The van der Waals surface area contributed by atoms with E-state index in [1.807, 2.05) is 23.9 Å². The van der Waals surface area contributed by atoms with Gasteiger partial charge in [-0.2, -0.15) is 0 Å². The molecule has 120 valence electrons. The van der Waals surface area contributed by atoms with E-state index in [0.29, 0.717) is 11.5 Å². The minimum Gasteiger partial charge on any atom is -0.485 e. The van der Waals surface area contributed by atoms with Crippen LogP contribution in [0.4, 0.5) is 24.7 Å². The molecule has 1 aromatic carbocycles. The third-order valence-electron chi connectivity index (χ3n) is 3.22. The van der Waals surface area contributed by atoms with Crippen LogP contribution in [0.5, 0.6) is 5.75 Å². The van der Waals surface area contributed by atoms with Crippen LogP contribution in [0.1, 0.15) is 0 Å². The Balaban J connectivity index is 1.97. The molecule has 0 aliphatic carbocycles. The molecular weight excluding hydrogens is 309 g/mol. The summed E-state index contributed by atoms with van der Waals surface area (Å²) in [6.45, 7) is -0.818. The normalized spacial score (nSPS) is 11.2. The van der Waals surface area contributed by atoms with E-state index in [9.17, 15) is 13.2 Å². The van der Waals surface area contributed by atoms with Gasteiger partial charge in [0, 0.05) is 19.3 Å². The van der Waals surface area contributed by atoms with Crippen molar-refractivity contribution >= 4 is 22.5 Å². The second-order valence-corrected chi connectivity index (χ2v) is 4.85. The van der Waals surface area contributed by atoms with E-state index >= 15 is 0 Å². The summed E-state index contributed by atoms with van der Waals surface area (Å²) in [4.78, 5) is 8.29. The lowest BCUT2D eigenvalue weighted by Crippen LogP contribution is -2.09. The Kier molecular flexibility index (Phi) is 4.05. The van der Waals surface area contributed by atoms with Gasteiger partial charge in [0.25, 0.3) is 6.43 Å². The first-order valence-electron chi connectivity index (χ1n) is 6.78. The van der Waals surface area contributed by atoms with Crippen LogP contribution < -0.4 is 10.1 Å². The quantitative estimate of drug-likeness (QED) is 0.781. The molecule has 8 heteroatoms. The van der Waals surface area contributed by atoms with Gasteiger partial charge in [-0.05, 0) is 18.2 Å². The maximum atomic E-state index is 13.4. The SMILES string of the molecule is Cn1ccc2ncnc(Nc3ccc(F)cc3OCC(F)F)c21. The van der Waals surface area contributed by atoms with Gasteiger partial charge in [-0.3, -0.25) is 0 Å². The smallest absolute Gasteiger partial charge is 0.272 e. The van der Waals surface area contributed by atoms with E-state index in [1.54, 1.807) is 0 Å². The molecule has 0 aliphatic rings. The highest BCUT2D eigenvalue weighted by Crippen LogP contribution is 2.30. The van der Waals surface area contributed by atoms with Gasteiger partial charge in [-0.1, -0.05) is 0 Å². The maximum absolute atomic E-state index is 13.4. The van der Waals surface area contributed by atoms with E-state index in [2.05, 4.69) is 15.3 Å². The molecular formula is C15H13F3N4O. The highest BCUT2D eigenvalue weighted by molar-refractivity contribution is 5.88. The molecule has 2 aromatic heterocycles. The van der Waals surface area contributed by atoms with Crippen molar-refractivity contribution < 1.29 is 17.9 Å². The summed E-state index contributed by atoms with van der Waals surface area (Å²) >= 11 is 0. The van der Waals surface area contributed by atoms with Gasteiger partial charge >= 0.3 is 0 Å². The molecule has 0 aliphatic heterocycles. The number of nitrogens with zero attached hydrogens (tertiary/aromatic N) is 3. The van der Waals surface area contributed by atoms with Crippen LogP contribution in [-0.2, 0) is 7.05 Å². The molecule has 0 saturated heterocycles. The Morgan fingerprint density at radius 3 is 2.87 bits per heavy atom. The number of benzene rings is 1. The van der Waals surface area contributed by atoms with Gasteiger partial charge in [0.1, 0.15) is 30.0 Å². The number of rotatable bonds is 5. The monoisotopic (exact) mass is 322 g/mol. The van der Waals surface area contributed by atoms with Crippen molar-refractivity contribution in [2.24, 2.45) is 7.05 Å². The van der Waals surface area contributed by atoms with E-state index in [-0.39, 0.29) is 5.75 Å². The zero-order chi connectivity index (χ0) is 16.4. The molecule has 5 nitrogen and oxygen atoms in total. The standard InChI is InChI=1S/C15H13F3N4O/c1-22-5-4-11-14(22)15(20-8-19-11)21-10-3-2-9(16)6-12(10)23-7-13(17)18/h2-6,8,13H,7H2,1H3,(H,19,20,21). The average molecular weight is 322 g/mol. The summed E-state index contributed by atoms with van der Waals surface area (Å²) < 4.78 is 44.8. The number of hydrogen-bond acceptors (Lipinski definition) is 4. The maximum Gasteiger partial charge on any atom is 0.272 e. The van der Waals surface area contributed by atoms with E-state index in [1.165, 1.54) is 18.5 Å². The minimum absolute atomic E-state index is 0.00808. The summed E-state index contributed by atoms with van der Waals surface area (Å²) in [6, 6.07) is 5.49. The Labute approximate surface area is 129 Å². The molecule has 0 saturated carbocycles. The summed E-state index contributed by atoms with van der Waals surface area (Å²) in [6.07, 6.45) is 0.557. The number of alkyl halides is 2. The number of nitrogens with one attached hydrogen (secondary N) is 1. The molecule has 0 fully saturated rings. The topological polar surface area (TPSA) is 52.0 Å². The molecule has 0 amide bonds. The highest BCUT2D eigenvalue weighted by Gasteiger charge is 2.13. The van der Waals surface area contributed by atoms with Crippen LogP contribution in [0.2, 0.25) is 0 Å². The van der Waals surface area contributed by atoms with Crippen molar-refractivity contribution in [2.75, 3.05) is 11.9 Å². The largest absolute Gasteiger partial charge is 0.485 e. The first-order valence-corrected chi connectivity index (χ1v) is 6.78. The predicted octanol–water partition coefficient (Wildman–Crippen LogP) is 3.49. The van der Waals surface area contributed by atoms with E-state index in [0.717, 1.165) is 17.1 Å². The molecule has 2 heterocycles. The van der Waals surface area contributed by atoms with Gasteiger partial charge in [0.15, 0.2) is 5.82 Å². The predicted molar refractivity (Wildman–Crippen MR) is 79.7 cm³/mol. The van der Waals surface area contributed by atoms with Crippen LogP contribution in [0.3, 0.4) is 0 Å². The van der Waals surface area contributed by atoms with Crippen LogP contribution in [0.15, 0.2) is 36.8 Å². The Bertz CT molecular complexity index is 835. The lowest BCUT2D eigenvalue weighted by atomic mass is 10.2. The van der Waals surface area contributed by atoms with E-state index in [4.69, 9.17) is 4.74 Å². The molecule has 0 bridgehead atoms. The van der Waals surface area contributed by atoms with Crippen molar-refractivity contribution in [3.8, 4) is 5.75 Å². The number of aromatic nitrogens is 3. The fourth-order valence-corrected chi connectivity index (χ4v) is 2.21. The lowest BCUT2D eigenvalue weighted by Gasteiger charge is -2.13. The number of aryl methyl sites for hydroxylation is 1. The van der Waals surface area contributed by atoms with Crippen LogP contribution in [0, 0.1) is 5.82 Å². The summed E-state index contributed by atoms with van der Waals surface area (Å²) in [5.74, 6) is -0.117. The molecule has 3 aromatic rings. The van der Waals surface area contributed by atoms with Crippen molar-refractivity contribution in [3.63, 3.8) is 0 Å². The number of hydrogen-bond donors (Lipinski definition) is 1. The molecule has 0 radical (unpaired) electrons. The van der Waals surface area contributed by atoms with E-state index < -0.39 is 18.8 Å². The van der Waals surface area contributed by atoms with Crippen molar-refractivity contribution in [2.45, 2.75) is 6.43 Å². The molecule has 3 rings (SSSR count). The van der Waals surface area contributed by atoms with Crippen molar-refractivity contribution in [1.29, 1.82) is 0 Å². The van der Waals surface area contributed by atoms with Crippen molar-refractivity contribution in [3.05, 3.63) is 42.6 Å². The first-order chi connectivity index (χ1) is 11.0. The van der Waals surface area contributed by atoms with Gasteiger partial charge < -0.3 is 14.6 Å². The number of ether oxygens (including phenoxy) is 1. The molecule has 1 N–H and O–H groups in total. The minimum atomic E-state index is -2.65. The van der Waals surface area contributed by atoms with Gasteiger partial charge in [0.2, 0.25) is 0 Å². The second-order valence-electron chi connectivity index (χ2n) is 4.85. The Morgan fingerprint density at radius 1 is 1.26 bits per heavy atom. The zero-order valence-electron chi connectivity index (χ0n) is 12.1. The fourth-order valence-electron chi connectivity index (χ4n) is 2.21. The molecule has 0 atom stereocenters. The van der Waals surface area contributed by atoms with Crippen LogP contribution >= 0.6 is 0 Å². The van der Waals surface area contributed by atoms with Crippen molar-refractivity contribution in [1.82, 2.24) is 14.5 Å². The summed E-state index contributed by atoms with van der Waals surface area (Å²) in [5, 5.41) is 2.98. The van der Waals surface area contributed by atoms with Crippen LogP contribution in [-0.4, -0.2) is 27.6 Å². The molecule has 0 spiro atoms. The molecule has 23 heavy (non-hydrogen) atoms. The number of anilines is 2. The average Bonchev–Trinajstić information content (AvgIpc) is 2.90. The fraction of sp³-hybridized carbons (Fsp3) is 0.200. The zero-order valence-corrected chi connectivity index (χ0v) is 12.1. The Morgan fingerprint density at radius 2 is 2.09 bits per heavy atom. The Hall–Kier alpha value is -2.77. The second kappa shape index (κ2) is 6.15. The third kappa shape index (κ3) is 3.20. The summed E-state index contributed by atoms with van der Waals surface area (Å²) in [5.41, 5.74) is 1.80. The first kappa shape index (κ1) is 15.1. The van der Waals surface area contributed by atoms with Gasteiger partial charge in [0.05, 0.1) is 11.2 Å². The number of halogens is 3. The van der Waals surface area contributed by atoms with Gasteiger partial charge in [-0.25, -0.2) is 23.1 Å². The molecule has 0 unspecified atom stereocenters. The highest BCUT2D eigenvalue weighted by atomic mass is 19.3. The van der Waals surface area contributed by atoms with Crippen LogP contribution in [0.25, 0.3) is 11.0 Å². The third-order valence-corrected chi connectivity index (χ3v) is 3.22. The summed E-state index contributed by atoms with van der Waals surface area (Å²) in [7, 11) is 1.83. The van der Waals surface area contributed by atoms with Gasteiger partial charge in [-0.15, -0.1) is 0 Å².